The lowest BCUT2D eigenvalue weighted by Gasteiger charge is -2.39. The second-order valence-corrected chi connectivity index (χ2v) is 7.24. The van der Waals surface area contributed by atoms with E-state index in [0.717, 1.165) is 30.4 Å². The number of fused-ring (bicyclic) bond motifs is 1. The van der Waals surface area contributed by atoms with Crippen LogP contribution >= 0.6 is 0 Å². The van der Waals surface area contributed by atoms with Gasteiger partial charge in [0.1, 0.15) is 5.82 Å². The van der Waals surface area contributed by atoms with Gasteiger partial charge in [-0.3, -0.25) is 4.40 Å². The minimum absolute atomic E-state index is 0.515. The maximum atomic E-state index is 4.29. The average Bonchev–Trinajstić information content (AvgIpc) is 2.84. The second kappa shape index (κ2) is 5.76. The quantitative estimate of drug-likeness (QED) is 0.939. The highest BCUT2D eigenvalue weighted by atomic mass is 15.2. The van der Waals surface area contributed by atoms with Crippen molar-refractivity contribution in [3.63, 3.8) is 0 Å². The summed E-state index contributed by atoms with van der Waals surface area (Å²) in [6.07, 6.45) is 6.89. The number of pyridine rings is 1. The lowest BCUT2D eigenvalue weighted by atomic mass is 9.70. The highest BCUT2D eigenvalue weighted by Gasteiger charge is 2.31. The molecule has 1 aliphatic carbocycles. The number of rotatable bonds is 4. The highest BCUT2D eigenvalue weighted by molar-refractivity contribution is 5.36. The van der Waals surface area contributed by atoms with Gasteiger partial charge in [0.15, 0.2) is 5.65 Å². The molecular weight excluding hydrogens is 260 g/mol. The number of aromatic nitrogens is 3. The van der Waals surface area contributed by atoms with Gasteiger partial charge in [-0.2, -0.15) is 0 Å². The molecule has 0 bridgehead atoms. The van der Waals surface area contributed by atoms with E-state index in [1.807, 2.05) is 24.4 Å². The minimum Gasteiger partial charge on any atom is -0.313 e. The molecule has 3 rings (SSSR count). The van der Waals surface area contributed by atoms with Crippen LogP contribution in [0.2, 0.25) is 0 Å². The molecule has 21 heavy (non-hydrogen) atoms. The van der Waals surface area contributed by atoms with Crippen LogP contribution in [0.3, 0.4) is 0 Å². The van der Waals surface area contributed by atoms with Crippen molar-refractivity contribution in [2.45, 2.75) is 52.5 Å². The molecule has 0 saturated heterocycles. The standard InChI is InChI=1S/C17H26N4/c1-13-12-17(2,3)9-7-14(13)18-10-8-16-20-19-15-6-4-5-11-21(15)16/h4-6,11,13-14,18H,7-10,12H2,1-3H3. The van der Waals surface area contributed by atoms with Gasteiger partial charge in [-0.15, -0.1) is 10.2 Å². The molecule has 0 aromatic carbocycles. The van der Waals surface area contributed by atoms with E-state index in [0.29, 0.717) is 11.5 Å². The van der Waals surface area contributed by atoms with Crippen LogP contribution in [0.1, 0.15) is 45.9 Å². The van der Waals surface area contributed by atoms with Crippen LogP contribution in [-0.4, -0.2) is 27.2 Å². The third-order valence-corrected chi connectivity index (χ3v) is 4.83. The van der Waals surface area contributed by atoms with E-state index >= 15 is 0 Å². The van der Waals surface area contributed by atoms with Gasteiger partial charge >= 0.3 is 0 Å². The third-order valence-electron chi connectivity index (χ3n) is 4.83. The number of hydrogen-bond donors (Lipinski definition) is 1. The SMILES string of the molecule is CC1CC(C)(C)CCC1NCCc1nnc2ccccn12. The molecule has 0 spiro atoms. The van der Waals surface area contributed by atoms with Crippen LogP contribution in [0.5, 0.6) is 0 Å². The van der Waals surface area contributed by atoms with Gasteiger partial charge in [0.25, 0.3) is 0 Å². The highest BCUT2D eigenvalue weighted by Crippen LogP contribution is 2.38. The maximum absolute atomic E-state index is 4.29. The number of nitrogens with zero attached hydrogens (tertiary/aromatic N) is 3. The van der Waals surface area contributed by atoms with Crippen molar-refractivity contribution in [1.82, 2.24) is 19.9 Å². The molecule has 2 heterocycles. The van der Waals surface area contributed by atoms with Crippen molar-refractivity contribution < 1.29 is 0 Å². The average molecular weight is 286 g/mol. The van der Waals surface area contributed by atoms with Crippen molar-refractivity contribution in [2.24, 2.45) is 11.3 Å². The zero-order chi connectivity index (χ0) is 14.9. The van der Waals surface area contributed by atoms with Crippen LogP contribution in [0.4, 0.5) is 0 Å². The van der Waals surface area contributed by atoms with E-state index in [1.165, 1.54) is 19.3 Å². The third kappa shape index (κ3) is 3.26. The van der Waals surface area contributed by atoms with E-state index in [4.69, 9.17) is 0 Å². The Balaban J connectivity index is 1.55. The van der Waals surface area contributed by atoms with Crippen molar-refractivity contribution in [3.8, 4) is 0 Å². The Morgan fingerprint density at radius 1 is 1.33 bits per heavy atom. The monoisotopic (exact) mass is 286 g/mol. The molecule has 1 N–H and O–H groups in total. The molecule has 0 amide bonds. The van der Waals surface area contributed by atoms with Crippen LogP contribution in [0, 0.1) is 11.3 Å². The summed E-state index contributed by atoms with van der Waals surface area (Å²) in [5.74, 6) is 1.80. The summed E-state index contributed by atoms with van der Waals surface area (Å²) >= 11 is 0. The van der Waals surface area contributed by atoms with Crippen LogP contribution in [0.15, 0.2) is 24.4 Å². The summed E-state index contributed by atoms with van der Waals surface area (Å²) in [4.78, 5) is 0. The van der Waals surface area contributed by atoms with Crippen LogP contribution in [-0.2, 0) is 6.42 Å². The predicted molar refractivity (Wildman–Crippen MR) is 85.3 cm³/mol. The Labute approximate surface area is 127 Å². The van der Waals surface area contributed by atoms with Gasteiger partial charge in [0, 0.05) is 25.2 Å². The zero-order valence-electron chi connectivity index (χ0n) is 13.3. The van der Waals surface area contributed by atoms with E-state index in [9.17, 15) is 0 Å². The Hall–Kier alpha value is -1.42. The van der Waals surface area contributed by atoms with E-state index < -0.39 is 0 Å². The second-order valence-electron chi connectivity index (χ2n) is 7.24. The fourth-order valence-corrected chi connectivity index (χ4v) is 3.68. The number of nitrogens with one attached hydrogen (secondary N) is 1. The summed E-state index contributed by atoms with van der Waals surface area (Å²) in [6.45, 7) is 8.14. The molecular formula is C17H26N4. The van der Waals surface area contributed by atoms with Gasteiger partial charge in [0.2, 0.25) is 0 Å². The molecule has 1 saturated carbocycles. The molecule has 2 aromatic rings. The lowest BCUT2D eigenvalue weighted by molar-refractivity contribution is 0.149. The van der Waals surface area contributed by atoms with E-state index in [-0.39, 0.29) is 0 Å². The van der Waals surface area contributed by atoms with Crippen molar-refractivity contribution in [2.75, 3.05) is 6.54 Å². The fourth-order valence-electron chi connectivity index (χ4n) is 3.68. The Bertz CT molecular complexity index is 602. The molecule has 1 aliphatic rings. The molecule has 4 nitrogen and oxygen atoms in total. The summed E-state index contributed by atoms with van der Waals surface area (Å²) < 4.78 is 2.08. The van der Waals surface area contributed by atoms with Gasteiger partial charge in [-0.25, -0.2) is 0 Å². The topological polar surface area (TPSA) is 42.2 Å². The first-order chi connectivity index (χ1) is 10.1. The molecule has 0 aliphatic heterocycles. The van der Waals surface area contributed by atoms with Gasteiger partial charge in [0.05, 0.1) is 0 Å². The van der Waals surface area contributed by atoms with Crippen LogP contribution in [0.25, 0.3) is 5.65 Å². The normalized spacial score (nSPS) is 25.3. The van der Waals surface area contributed by atoms with Crippen molar-refractivity contribution in [3.05, 3.63) is 30.2 Å². The summed E-state index contributed by atoms with van der Waals surface area (Å²) in [7, 11) is 0. The first kappa shape index (κ1) is 14.5. The Morgan fingerprint density at radius 2 is 2.19 bits per heavy atom. The fraction of sp³-hybridized carbons (Fsp3) is 0.647. The van der Waals surface area contributed by atoms with E-state index in [2.05, 4.69) is 40.7 Å². The maximum Gasteiger partial charge on any atom is 0.160 e. The van der Waals surface area contributed by atoms with Gasteiger partial charge in [-0.05, 0) is 42.7 Å². The van der Waals surface area contributed by atoms with Crippen molar-refractivity contribution in [1.29, 1.82) is 0 Å². The molecule has 4 heteroatoms. The van der Waals surface area contributed by atoms with Gasteiger partial charge < -0.3 is 5.32 Å². The predicted octanol–water partition coefficient (Wildman–Crippen LogP) is 3.08. The van der Waals surface area contributed by atoms with Gasteiger partial charge in [-0.1, -0.05) is 26.8 Å². The van der Waals surface area contributed by atoms with Crippen molar-refractivity contribution >= 4 is 5.65 Å². The summed E-state index contributed by atoms with van der Waals surface area (Å²) in [5, 5.41) is 12.2. The van der Waals surface area contributed by atoms with E-state index in [1.54, 1.807) is 0 Å². The molecule has 2 atom stereocenters. The largest absolute Gasteiger partial charge is 0.313 e. The Kier molecular flexibility index (Phi) is 3.98. The zero-order valence-corrected chi connectivity index (χ0v) is 13.3. The first-order valence-electron chi connectivity index (χ1n) is 8.07. The Morgan fingerprint density at radius 3 is 3.00 bits per heavy atom. The minimum atomic E-state index is 0.515. The lowest BCUT2D eigenvalue weighted by Crippen LogP contribution is -2.42. The molecule has 1 fully saturated rings. The number of hydrogen-bond acceptors (Lipinski definition) is 3. The summed E-state index contributed by atoms with van der Waals surface area (Å²) in [6, 6.07) is 6.67. The molecule has 2 aromatic heterocycles. The molecule has 114 valence electrons. The summed E-state index contributed by atoms with van der Waals surface area (Å²) in [5.41, 5.74) is 1.45. The molecule has 2 unspecified atom stereocenters. The van der Waals surface area contributed by atoms with Crippen LogP contribution < -0.4 is 5.32 Å². The molecule has 0 radical (unpaired) electrons. The smallest absolute Gasteiger partial charge is 0.160 e. The first-order valence-corrected chi connectivity index (χ1v) is 8.07.